The summed E-state index contributed by atoms with van der Waals surface area (Å²) in [5, 5.41) is 32.2. The molecule has 57 heavy (non-hydrogen) atoms. The maximum atomic E-state index is 4.93. The number of hydrogen-bond donors (Lipinski definition) is 0. The number of rotatable bonds is 9. The van der Waals surface area contributed by atoms with Gasteiger partial charge in [-0.1, -0.05) is 143 Å². The first-order valence-corrected chi connectivity index (χ1v) is 20.4. The molecule has 0 aliphatic carbocycles. The summed E-state index contributed by atoms with van der Waals surface area (Å²) in [4.78, 5) is 14.8. The van der Waals surface area contributed by atoms with Crippen LogP contribution in [0.25, 0.3) is 97.6 Å². The minimum absolute atomic E-state index is 0.722. The fraction of sp³-hybridized carbons (Fsp3) is 0. The largest absolute Gasteiger partial charge is 0.245 e. The van der Waals surface area contributed by atoms with Crippen LogP contribution < -0.4 is 0 Å². The lowest BCUT2D eigenvalue weighted by Gasteiger charge is -2.05. The van der Waals surface area contributed by atoms with E-state index < -0.39 is 0 Å². The standard InChI is InChI=1S/C45H27N9S3/c1-4-13-28(14-5-1)34-19-10-22-37(46-34)43-52-49-40(55-43)31-25-32(41-50-53-44(56-41)38-23-11-20-35(47-38)29-15-6-2-7-16-29)27-33(26-31)42-51-54-45(57-42)39-24-12-21-36(48-39)30-17-8-3-9-18-30/h1-27H. The molecular formula is C45H27N9S3. The van der Waals surface area contributed by atoms with Gasteiger partial charge in [0.2, 0.25) is 0 Å². The number of nitrogens with zero attached hydrogens (tertiary/aromatic N) is 9. The third kappa shape index (κ3) is 7.28. The predicted molar refractivity (Wildman–Crippen MR) is 229 cm³/mol. The number of aromatic nitrogens is 9. The van der Waals surface area contributed by atoms with Gasteiger partial charge in [0.1, 0.15) is 32.1 Å². The molecule has 6 heterocycles. The van der Waals surface area contributed by atoms with Gasteiger partial charge in [-0.2, -0.15) is 0 Å². The summed E-state index contributed by atoms with van der Waals surface area (Å²) in [6.45, 7) is 0. The highest BCUT2D eigenvalue weighted by molar-refractivity contribution is 7.18. The SMILES string of the molecule is c1ccc(-c2cccc(-c3nnc(-c4cc(-c5nnc(-c6cccc(-c7ccccc7)n6)s5)cc(-c5nnc(-c6cccc(-c7ccccc7)n6)s5)c4)s3)n2)cc1. The maximum absolute atomic E-state index is 4.93. The summed E-state index contributed by atoms with van der Waals surface area (Å²) in [5.74, 6) is 0. The summed E-state index contributed by atoms with van der Waals surface area (Å²) in [6, 6.07) is 54.5. The lowest BCUT2D eigenvalue weighted by atomic mass is 10.1. The van der Waals surface area contributed by atoms with Crippen molar-refractivity contribution < 1.29 is 0 Å². The van der Waals surface area contributed by atoms with Crippen LogP contribution in [0.2, 0.25) is 0 Å². The molecule has 0 aliphatic heterocycles. The Kier molecular flexibility index (Phi) is 9.24. The van der Waals surface area contributed by atoms with Gasteiger partial charge in [0.15, 0.2) is 15.0 Å². The summed E-state index contributed by atoms with van der Waals surface area (Å²) >= 11 is 4.45. The molecule has 0 bridgehead atoms. The van der Waals surface area contributed by atoms with E-state index in [-0.39, 0.29) is 0 Å². The third-order valence-electron chi connectivity index (χ3n) is 9.06. The van der Waals surface area contributed by atoms with Crippen molar-refractivity contribution in [2.24, 2.45) is 0 Å². The van der Waals surface area contributed by atoms with E-state index in [0.29, 0.717) is 0 Å². The molecule has 9 nitrogen and oxygen atoms in total. The van der Waals surface area contributed by atoms with Gasteiger partial charge >= 0.3 is 0 Å². The molecule has 270 valence electrons. The van der Waals surface area contributed by atoms with Gasteiger partial charge < -0.3 is 0 Å². The Morgan fingerprint density at radius 3 is 0.789 bits per heavy atom. The molecular weight excluding hydrogens is 763 g/mol. The van der Waals surface area contributed by atoms with Crippen LogP contribution in [-0.2, 0) is 0 Å². The van der Waals surface area contributed by atoms with Gasteiger partial charge in [0.25, 0.3) is 0 Å². The molecule has 0 saturated carbocycles. The smallest absolute Gasteiger partial charge is 0.166 e. The first kappa shape index (κ1) is 34.5. The van der Waals surface area contributed by atoms with Crippen molar-refractivity contribution in [1.29, 1.82) is 0 Å². The van der Waals surface area contributed by atoms with E-state index in [1.54, 1.807) is 0 Å². The molecule has 0 saturated heterocycles. The van der Waals surface area contributed by atoms with E-state index in [1.807, 2.05) is 109 Å². The Labute approximate surface area is 339 Å². The molecule has 0 atom stereocenters. The van der Waals surface area contributed by atoms with E-state index in [1.165, 1.54) is 34.0 Å². The van der Waals surface area contributed by atoms with E-state index in [4.69, 9.17) is 15.0 Å². The monoisotopic (exact) mass is 789 g/mol. The average molecular weight is 790 g/mol. The molecule has 0 spiro atoms. The molecule has 0 fully saturated rings. The molecule has 6 aromatic heterocycles. The van der Waals surface area contributed by atoms with Crippen LogP contribution >= 0.6 is 34.0 Å². The lowest BCUT2D eigenvalue weighted by molar-refractivity contribution is 1.08. The molecule has 0 radical (unpaired) electrons. The second-order valence-corrected chi connectivity index (χ2v) is 15.8. The Balaban J connectivity index is 1.03. The van der Waals surface area contributed by atoms with Crippen molar-refractivity contribution in [1.82, 2.24) is 45.5 Å². The summed E-state index contributed by atoms with van der Waals surface area (Å²) in [5.41, 5.74) is 10.6. The first-order chi connectivity index (χ1) is 28.2. The summed E-state index contributed by atoms with van der Waals surface area (Å²) in [6.07, 6.45) is 0. The highest BCUT2D eigenvalue weighted by atomic mass is 32.1. The van der Waals surface area contributed by atoms with Crippen LogP contribution in [0.3, 0.4) is 0 Å². The van der Waals surface area contributed by atoms with Crippen molar-refractivity contribution in [3.8, 4) is 97.6 Å². The van der Waals surface area contributed by atoms with Crippen molar-refractivity contribution in [3.63, 3.8) is 0 Å². The van der Waals surface area contributed by atoms with Crippen LogP contribution in [-0.4, -0.2) is 45.5 Å². The van der Waals surface area contributed by atoms with Crippen LogP contribution in [0, 0.1) is 0 Å². The van der Waals surface area contributed by atoms with Gasteiger partial charge in [-0.3, -0.25) is 0 Å². The van der Waals surface area contributed by atoms with Crippen molar-refractivity contribution in [3.05, 3.63) is 164 Å². The molecule has 4 aromatic carbocycles. The highest BCUT2D eigenvalue weighted by Crippen LogP contribution is 2.39. The topological polar surface area (TPSA) is 116 Å². The third-order valence-corrected chi connectivity index (χ3v) is 12.0. The van der Waals surface area contributed by atoms with Gasteiger partial charge in [-0.15, -0.1) is 30.6 Å². The van der Waals surface area contributed by atoms with Gasteiger partial charge in [0.05, 0.1) is 17.1 Å². The van der Waals surface area contributed by atoms with Crippen LogP contribution in [0.5, 0.6) is 0 Å². The first-order valence-electron chi connectivity index (χ1n) is 18.0. The Morgan fingerprint density at radius 1 is 0.228 bits per heavy atom. The summed E-state index contributed by atoms with van der Waals surface area (Å²) in [7, 11) is 0. The minimum Gasteiger partial charge on any atom is -0.245 e. The van der Waals surface area contributed by atoms with Gasteiger partial charge in [-0.25, -0.2) is 15.0 Å². The molecule has 0 N–H and O–H groups in total. The zero-order valence-corrected chi connectivity index (χ0v) is 32.3. The number of benzene rings is 4. The molecule has 0 aliphatic rings. The fourth-order valence-corrected chi connectivity index (χ4v) is 8.70. The Hall–Kier alpha value is -6.99. The summed E-state index contributed by atoms with van der Waals surface area (Å²) < 4.78 is 0. The van der Waals surface area contributed by atoms with Crippen LogP contribution in [0.4, 0.5) is 0 Å². The zero-order chi connectivity index (χ0) is 38.0. The quantitative estimate of drug-likeness (QED) is 0.141. The Morgan fingerprint density at radius 2 is 0.491 bits per heavy atom. The molecule has 10 aromatic rings. The zero-order valence-electron chi connectivity index (χ0n) is 29.8. The van der Waals surface area contributed by atoms with Crippen molar-refractivity contribution in [2.45, 2.75) is 0 Å². The van der Waals surface area contributed by atoms with Crippen LogP contribution in [0.1, 0.15) is 0 Å². The predicted octanol–water partition coefficient (Wildman–Crippen LogP) is 11.4. The molecule has 10 rings (SSSR count). The molecule has 12 heteroatoms. The van der Waals surface area contributed by atoms with E-state index in [2.05, 4.69) is 85.2 Å². The number of pyridine rings is 3. The normalized spacial score (nSPS) is 11.2. The minimum atomic E-state index is 0.722. The second kappa shape index (κ2) is 15.3. The second-order valence-electron chi connectivity index (χ2n) is 12.9. The van der Waals surface area contributed by atoms with E-state index >= 15 is 0 Å². The van der Waals surface area contributed by atoms with Crippen LogP contribution in [0.15, 0.2) is 164 Å². The highest BCUT2D eigenvalue weighted by Gasteiger charge is 2.19. The molecule has 0 unspecified atom stereocenters. The maximum Gasteiger partial charge on any atom is 0.166 e. The van der Waals surface area contributed by atoms with E-state index in [0.717, 1.165) is 97.6 Å². The lowest BCUT2D eigenvalue weighted by Crippen LogP contribution is -1.87. The van der Waals surface area contributed by atoms with Gasteiger partial charge in [-0.05, 0) is 54.6 Å². The molecule has 0 amide bonds. The average Bonchev–Trinajstić information content (AvgIpc) is 4.10. The van der Waals surface area contributed by atoms with E-state index in [9.17, 15) is 0 Å². The Bertz CT molecular complexity index is 2650. The van der Waals surface area contributed by atoms with Crippen molar-refractivity contribution >= 4 is 34.0 Å². The van der Waals surface area contributed by atoms with Gasteiger partial charge in [0, 0.05) is 33.4 Å². The van der Waals surface area contributed by atoms with Crippen molar-refractivity contribution in [2.75, 3.05) is 0 Å². The fourth-order valence-electron chi connectivity index (χ4n) is 6.30. The number of hydrogen-bond acceptors (Lipinski definition) is 12.